The van der Waals surface area contributed by atoms with E-state index in [4.69, 9.17) is 9.84 Å². The summed E-state index contributed by atoms with van der Waals surface area (Å²) in [6, 6.07) is -0.292. The van der Waals surface area contributed by atoms with Crippen LogP contribution >= 0.6 is 0 Å². The number of ether oxygens (including phenoxy) is 1. The van der Waals surface area contributed by atoms with Gasteiger partial charge in [0.25, 0.3) is 0 Å². The highest BCUT2D eigenvalue weighted by atomic mass is 16.5. The monoisotopic (exact) mass is 258 g/mol. The average molecular weight is 258 g/mol. The number of amides is 1. The van der Waals surface area contributed by atoms with Gasteiger partial charge in [-0.05, 0) is 37.8 Å². The third kappa shape index (κ3) is 5.33. The van der Waals surface area contributed by atoms with Gasteiger partial charge in [-0.25, -0.2) is 0 Å². The molecule has 0 aromatic heterocycles. The third-order valence-electron chi connectivity index (χ3n) is 3.60. The molecule has 3 N–H and O–H groups in total. The van der Waals surface area contributed by atoms with Crippen molar-refractivity contribution in [1.82, 2.24) is 10.6 Å². The van der Waals surface area contributed by atoms with Gasteiger partial charge >= 0.3 is 0 Å². The second-order valence-corrected chi connectivity index (χ2v) is 5.19. The summed E-state index contributed by atoms with van der Waals surface area (Å²) in [7, 11) is 1.56. The maximum Gasteiger partial charge on any atom is 0.220 e. The number of aliphatic hydroxyl groups is 1. The molecule has 5 nitrogen and oxygen atoms in total. The van der Waals surface area contributed by atoms with E-state index in [1.165, 1.54) is 12.8 Å². The molecule has 0 aromatic rings. The van der Waals surface area contributed by atoms with Gasteiger partial charge < -0.3 is 20.5 Å². The zero-order valence-electron chi connectivity index (χ0n) is 11.4. The minimum Gasteiger partial charge on any atom is -0.394 e. The first-order valence-corrected chi connectivity index (χ1v) is 6.77. The molecule has 0 spiro atoms. The molecular weight excluding hydrogens is 232 g/mol. The molecule has 5 heteroatoms. The Bertz CT molecular complexity index is 242. The van der Waals surface area contributed by atoms with Gasteiger partial charge in [0.05, 0.1) is 19.3 Å². The van der Waals surface area contributed by atoms with E-state index in [1.54, 1.807) is 7.11 Å². The van der Waals surface area contributed by atoms with Crippen LogP contribution in [0, 0.1) is 11.8 Å². The van der Waals surface area contributed by atoms with Crippen molar-refractivity contribution in [2.45, 2.75) is 32.2 Å². The fourth-order valence-corrected chi connectivity index (χ4v) is 2.45. The molecular formula is C13H26N2O3. The largest absolute Gasteiger partial charge is 0.394 e. The molecule has 1 fully saturated rings. The minimum absolute atomic E-state index is 0.00386. The Balaban J connectivity index is 2.29. The van der Waals surface area contributed by atoms with E-state index in [0.717, 1.165) is 13.1 Å². The lowest BCUT2D eigenvalue weighted by atomic mass is 9.85. The molecule has 18 heavy (non-hydrogen) atoms. The van der Waals surface area contributed by atoms with Crippen LogP contribution in [0.5, 0.6) is 0 Å². The first kappa shape index (κ1) is 15.4. The Morgan fingerprint density at radius 2 is 2.39 bits per heavy atom. The first-order valence-electron chi connectivity index (χ1n) is 6.77. The molecule has 1 aliphatic heterocycles. The average Bonchev–Trinajstić information content (AvgIpc) is 2.39. The summed E-state index contributed by atoms with van der Waals surface area (Å²) < 4.78 is 4.93. The van der Waals surface area contributed by atoms with Gasteiger partial charge in [0.2, 0.25) is 5.91 Å². The zero-order valence-corrected chi connectivity index (χ0v) is 11.4. The van der Waals surface area contributed by atoms with Crippen molar-refractivity contribution in [2.24, 2.45) is 11.8 Å². The number of methoxy groups -OCH3 is 1. The molecule has 0 bridgehead atoms. The Morgan fingerprint density at radius 1 is 1.61 bits per heavy atom. The summed E-state index contributed by atoms with van der Waals surface area (Å²) in [5.41, 5.74) is 0. The number of rotatable bonds is 7. The van der Waals surface area contributed by atoms with Gasteiger partial charge in [-0.15, -0.1) is 0 Å². The van der Waals surface area contributed by atoms with Crippen LogP contribution in [0.2, 0.25) is 0 Å². The number of piperidine rings is 1. The van der Waals surface area contributed by atoms with Gasteiger partial charge in [-0.2, -0.15) is 0 Å². The summed E-state index contributed by atoms with van der Waals surface area (Å²) in [4.78, 5) is 11.8. The highest BCUT2D eigenvalue weighted by Crippen LogP contribution is 2.22. The number of hydrogen-bond acceptors (Lipinski definition) is 4. The summed E-state index contributed by atoms with van der Waals surface area (Å²) in [5.74, 6) is 0.961. The van der Waals surface area contributed by atoms with E-state index < -0.39 is 0 Å². The second-order valence-electron chi connectivity index (χ2n) is 5.19. The molecule has 0 radical (unpaired) electrons. The van der Waals surface area contributed by atoms with Crippen molar-refractivity contribution in [3.63, 3.8) is 0 Å². The predicted molar refractivity (Wildman–Crippen MR) is 70.3 cm³/mol. The SMILES string of the molecule is COCC(CO)NC(=O)CC(C)C1CCCNC1. The van der Waals surface area contributed by atoms with Gasteiger partial charge in [0.1, 0.15) is 0 Å². The molecule has 1 amide bonds. The summed E-state index contributed by atoms with van der Waals surface area (Å²) in [5, 5.41) is 15.3. The molecule has 0 saturated carbocycles. The van der Waals surface area contributed by atoms with E-state index in [2.05, 4.69) is 17.6 Å². The van der Waals surface area contributed by atoms with Crippen molar-refractivity contribution in [3.8, 4) is 0 Å². The van der Waals surface area contributed by atoms with E-state index in [0.29, 0.717) is 24.9 Å². The summed E-state index contributed by atoms with van der Waals surface area (Å²) in [6.45, 7) is 4.49. The third-order valence-corrected chi connectivity index (χ3v) is 3.60. The lowest BCUT2D eigenvalue weighted by Gasteiger charge is -2.28. The van der Waals surface area contributed by atoms with Crippen LogP contribution in [0.25, 0.3) is 0 Å². The minimum atomic E-state index is -0.292. The van der Waals surface area contributed by atoms with Crippen LogP contribution in [0.1, 0.15) is 26.2 Å². The van der Waals surface area contributed by atoms with E-state index >= 15 is 0 Å². The van der Waals surface area contributed by atoms with Crippen LogP contribution in [0.4, 0.5) is 0 Å². The Hall–Kier alpha value is -0.650. The highest BCUT2D eigenvalue weighted by molar-refractivity contribution is 5.76. The van der Waals surface area contributed by atoms with Crippen LogP contribution in [-0.4, -0.2) is 50.5 Å². The fourth-order valence-electron chi connectivity index (χ4n) is 2.45. The van der Waals surface area contributed by atoms with Crippen molar-refractivity contribution in [3.05, 3.63) is 0 Å². The molecule has 1 rings (SSSR count). The van der Waals surface area contributed by atoms with Crippen LogP contribution < -0.4 is 10.6 Å². The number of carbonyl (C=O) groups is 1. The smallest absolute Gasteiger partial charge is 0.220 e. The Labute approximate surface area is 109 Å². The number of nitrogens with one attached hydrogen (secondary N) is 2. The summed E-state index contributed by atoms with van der Waals surface area (Å²) in [6.07, 6.45) is 2.91. The highest BCUT2D eigenvalue weighted by Gasteiger charge is 2.22. The Kier molecular flexibility index (Phi) is 7.23. The van der Waals surface area contributed by atoms with Crippen molar-refractivity contribution >= 4 is 5.91 Å². The van der Waals surface area contributed by atoms with Gasteiger partial charge in [-0.1, -0.05) is 6.92 Å². The maximum absolute atomic E-state index is 11.8. The van der Waals surface area contributed by atoms with Gasteiger partial charge in [0, 0.05) is 13.5 Å². The molecule has 0 aromatic carbocycles. The number of hydrogen-bond donors (Lipinski definition) is 3. The summed E-state index contributed by atoms with van der Waals surface area (Å²) >= 11 is 0. The Morgan fingerprint density at radius 3 is 2.94 bits per heavy atom. The first-order chi connectivity index (χ1) is 8.67. The van der Waals surface area contributed by atoms with E-state index in [9.17, 15) is 4.79 Å². The number of carbonyl (C=O) groups excluding carboxylic acids is 1. The normalized spacial score (nSPS) is 23.4. The lowest BCUT2D eigenvalue weighted by Crippen LogP contribution is -2.42. The lowest BCUT2D eigenvalue weighted by molar-refractivity contribution is -0.123. The quantitative estimate of drug-likeness (QED) is 0.607. The van der Waals surface area contributed by atoms with Crippen LogP contribution in [-0.2, 0) is 9.53 Å². The molecule has 0 aliphatic carbocycles. The molecule has 3 atom stereocenters. The molecule has 1 heterocycles. The van der Waals surface area contributed by atoms with Gasteiger partial charge in [-0.3, -0.25) is 4.79 Å². The molecule has 106 valence electrons. The van der Waals surface area contributed by atoms with Crippen molar-refractivity contribution < 1.29 is 14.6 Å². The van der Waals surface area contributed by atoms with Crippen LogP contribution in [0.3, 0.4) is 0 Å². The maximum atomic E-state index is 11.8. The van der Waals surface area contributed by atoms with Gasteiger partial charge in [0.15, 0.2) is 0 Å². The fraction of sp³-hybridized carbons (Fsp3) is 0.923. The van der Waals surface area contributed by atoms with Crippen molar-refractivity contribution in [2.75, 3.05) is 33.4 Å². The molecule has 3 unspecified atom stereocenters. The second kappa shape index (κ2) is 8.45. The van der Waals surface area contributed by atoms with E-state index in [1.807, 2.05) is 0 Å². The number of aliphatic hydroxyl groups excluding tert-OH is 1. The predicted octanol–water partition coefficient (Wildman–Crippen LogP) is 0.136. The van der Waals surface area contributed by atoms with Crippen LogP contribution in [0.15, 0.2) is 0 Å². The molecule has 1 aliphatic rings. The zero-order chi connectivity index (χ0) is 13.4. The topological polar surface area (TPSA) is 70.6 Å². The van der Waals surface area contributed by atoms with Crippen molar-refractivity contribution in [1.29, 1.82) is 0 Å². The van der Waals surface area contributed by atoms with E-state index in [-0.39, 0.29) is 18.6 Å². The standard InChI is InChI=1S/C13H26N2O3/c1-10(11-4-3-5-14-7-11)6-13(17)15-12(8-16)9-18-2/h10-12,14,16H,3-9H2,1-2H3,(H,15,17). The molecule has 1 saturated heterocycles.